The summed E-state index contributed by atoms with van der Waals surface area (Å²) in [6.45, 7) is 3.58. The van der Waals surface area contributed by atoms with Crippen LogP contribution >= 0.6 is 0 Å². The molecule has 6 heteroatoms. The molecule has 0 radical (unpaired) electrons. The van der Waals surface area contributed by atoms with Crippen molar-refractivity contribution in [3.05, 3.63) is 29.3 Å². The second kappa shape index (κ2) is 6.16. The normalized spacial score (nSPS) is 11.8. The third-order valence-corrected chi connectivity index (χ3v) is 4.90. The fraction of sp³-hybridized carbons (Fsp3) is 0.462. The Morgan fingerprint density at radius 3 is 2.32 bits per heavy atom. The zero-order valence-electron chi connectivity index (χ0n) is 11.1. The van der Waals surface area contributed by atoms with Crippen LogP contribution in [0.2, 0.25) is 0 Å². The van der Waals surface area contributed by atoms with Gasteiger partial charge in [-0.25, -0.2) is 8.42 Å². The average Bonchev–Trinajstić information content (AvgIpc) is 2.27. The van der Waals surface area contributed by atoms with Crippen molar-refractivity contribution in [3.8, 4) is 0 Å². The third kappa shape index (κ3) is 4.04. The fourth-order valence-corrected chi connectivity index (χ4v) is 2.93. The van der Waals surface area contributed by atoms with Gasteiger partial charge in [-0.15, -0.1) is 0 Å². The van der Waals surface area contributed by atoms with Crippen LogP contribution in [0.5, 0.6) is 0 Å². The minimum Gasteiger partial charge on any atom is -0.481 e. The van der Waals surface area contributed by atoms with Crippen molar-refractivity contribution >= 4 is 15.8 Å². The molecule has 106 valence electrons. The van der Waals surface area contributed by atoms with Gasteiger partial charge in [0.25, 0.3) is 0 Å². The molecule has 0 aliphatic rings. The lowest BCUT2D eigenvalue weighted by molar-refractivity contribution is -0.136. The van der Waals surface area contributed by atoms with Crippen molar-refractivity contribution in [2.45, 2.75) is 36.8 Å². The molecular formula is C13H19NO4S. The molecule has 0 saturated carbocycles. The first-order valence-corrected chi connectivity index (χ1v) is 7.60. The molecular weight excluding hydrogens is 266 g/mol. The molecule has 0 spiro atoms. The van der Waals surface area contributed by atoms with Crippen LogP contribution in [-0.2, 0) is 27.5 Å². The standard InChI is InChI=1S/C13H19NO4S/c1-9(2)19(17,18)12-6-10(3-4-14)5-11(7-12)8-13(15)16/h5-7,9H,3-4,8,14H2,1-2H3,(H,15,16). The maximum Gasteiger partial charge on any atom is 0.307 e. The number of carbonyl (C=O) groups is 1. The van der Waals surface area contributed by atoms with E-state index in [0.29, 0.717) is 18.5 Å². The molecule has 1 aromatic rings. The second-order valence-electron chi connectivity index (χ2n) is 4.69. The molecule has 0 aliphatic carbocycles. The number of sulfone groups is 1. The predicted molar refractivity (Wildman–Crippen MR) is 72.9 cm³/mol. The topological polar surface area (TPSA) is 97.5 Å². The van der Waals surface area contributed by atoms with E-state index in [1.165, 1.54) is 6.07 Å². The van der Waals surface area contributed by atoms with Gasteiger partial charge in [0, 0.05) is 0 Å². The molecule has 0 saturated heterocycles. The van der Waals surface area contributed by atoms with Crippen molar-refractivity contribution in [3.63, 3.8) is 0 Å². The Morgan fingerprint density at radius 1 is 1.26 bits per heavy atom. The molecule has 0 unspecified atom stereocenters. The molecule has 5 nitrogen and oxygen atoms in total. The van der Waals surface area contributed by atoms with E-state index in [-0.39, 0.29) is 11.3 Å². The Bertz CT molecular complexity index is 564. The number of carboxylic acids is 1. The van der Waals surface area contributed by atoms with Crippen molar-refractivity contribution in [2.75, 3.05) is 6.54 Å². The summed E-state index contributed by atoms with van der Waals surface area (Å²) in [4.78, 5) is 10.9. The lowest BCUT2D eigenvalue weighted by Gasteiger charge is -2.11. The molecule has 0 amide bonds. The average molecular weight is 285 g/mol. The van der Waals surface area contributed by atoms with Gasteiger partial charge in [0.05, 0.1) is 16.6 Å². The lowest BCUT2D eigenvalue weighted by atomic mass is 10.1. The summed E-state index contributed by atoms with van der Waals surface area (Å²) in [5, 5.41) is 8.27. The maximum atomic E-state index is 12.1. The molecule has 0 bridgehead atoms. The Morgan fingerprint density at radius 2 is 1.84 bits per heavy atom. The van der Waals surface area contributed by atoms with E-state index in [1.54, 1.807) is 26.0 Å². The number of aliphatic carboxylic acids is 1. The van der Waals surface area contributed by atoms with Crippen LogP contribution in [0.15, 0.2) is 23.1 Å². The van der Waals surface area contributed by atoms with Gasteiger partial charge in [-0.05, 0) is 50.1 Å². The molecule has 19 heavy (non-hydrogen) atoms. The van der Waals surface area contributed by atoms with Crippen LogP contribution in [0.3, 0.4) is 0 Å². The highest BCUT2D eigenvalue weighted by Crippen LogP contribution is 2.20. The van der Waals surface area contributed by atoms with Crippen LogP contribution in [0, 0.1) is 0 Å². The zero-order valence-corrected chi connectivity index (χ0v) is 11.9. The summed E-state index contributed by atoms with van der Waals surface area (Å²) in [7, 11) is -3.41. The second-order valence-corrected chi connectivity index (χ2v) is 7.19. The van der Waals surface area contributed by atoms with Gasteiger partial charge in [0.2, 0.25) is 0 Å². The monoisotopic (exact) mass is 285 g/mol. The van der Waals surface area contributed by atoms with E-state index in [0.717, 1.165) is 5.56 Å². The van der Waals surface area contributed by atoms with Crippen LogP contribution in [-0.4, -0.2) is 31.3 Å². The fourth-order valence-electron chi connectivity index (χ4n) is 1.75. The van der Waals surface area contributed by atoms with Crippen LogP contribution < -0.4 is 5.73 Å². The highest BCUT2D eigenvalue weighted by molar-refractivity contribution is 7.92. The number of benzene rings is 1. The number of hydrogen-bond acceptors (Lipinski definition) is 4. The van der Waals surface area contributed by atoms with Crippen LogP contribution in [0.4, 0.5) is 0 Å². The summed E-state index contributed by atoms with van der Waals surface area (Å²) >= 11 is 0. The third-order valence-electron chi connectivity index (χ3n) is 2.76. The van der Waals surface area contributed by atoms with E-state index in [9.17, 15) is 13.2 Å². The smallest absolute Gasteiger partial charge is 0.307 e. The van der Waals surface area contributed by atoms with E-state index >= 15 is 0 Å². The van der Waals surface area contributed by atoms with Crippen molar-refractivity contribution < 1.29 is 18.3 Å². The van der Waals surface area contributed by atoms with E-state index in [4.69, 9.17) is 10.8 Å². The minimum absolute atomic E-state index is 0.171. The summed E-state index contributed by atoms with van der Waals surface area (Å²) in [6, 6.07) is 4.71. The Hall–Kier alpha value is -1.40. The highest BCUT2D eigenvalue weighted by Gasteiger charge is 2.20. The summed E-state index contributed by atoms with van der Waals surface area (Å²) < 4.78 is 24.3. The number of nitrogens with two attached hydrogens (primary N) is 1. The molecule has 1 rings (SSSR count). The van der Waals surface area contributed by atoms with Gasteiger partial charge >= 0.3 is 5.97 Å². The van der Waals surface area contributed by atoms with Crippen molar-refractivity contribution in [1.29, 1.82) is 0 Å². The first kappa shape index (κ1) is 15.7. The zero-order chi connectivity index (χ0) is 14.6. The maximum absolute atomic E-state index is 12.1. The number of rotatable bonds is 6. The summed E-state index contributed by atoms with van der Waals surface area (Å²) in [5.41, 5.74) is 6.70. The Balaban J connectivity index is 3.31. The van der Waals surface area contributed by atoms with Crippen LogP contribution in [0.1, 0.15) is 25.0 Å². The Labute approximate surface area is 113 Å². The highest BCUT2D eigenvalue weighted by atomic mass is 32.2. The number of hydrogen-bond donors (Lipinski definition) is 2. The van der Waals surface area contributed by atoms with Gasteiger partial charge in [-0.1, -0.05) is 6.07 Å². The molecule has 0 aliphatic heterocycles. The van der Waals surface area contributed by atoms with Gasteiger partial charge < -0.3 is 10.8 Å². The van der Waals surface area contributed by atoms with E-state index < -0.39 is 21.1 Å². The summed E-state index contributed by atoms with van der Waals surface area (Å²) in [5.74, 6) is -0.988. The Kier molecular flexibility index (Phi) is 5.08. The van der Waals surface area contributed by atoms with Gasteiger partial charge in [-0.3, -0.25) is 4.79 Å². The van der Waals surface area contributed by atoms with Gasteiger partial charge in [0.15, 0.2) is 9.84 Å². The molecule has 0 fully saturated rings. The van der Waals surface area contributed by atoms with Crippen molar-refractivity contribution in [1.82, 2.24) is 0 Å². The first-order valence-electron chi connectivity index (χ1n) is 6.06. The van der Waals surface area contributed by atoms with E-state index in [2.05, 4.69) is 0 Å². The van der Waals surface area contributed by atoms with Crippen molar-refractivity contribution in [2.24, 2.45) is 5.73 Å². The first-order chi connectivity index (χ1) is 8.77. The largest absolute Gasteiger partial charge is 0.481 e. The van der Waals surface area contributed by atoms with Crippen LogP contribution in [0.25, 0.3) is 0 Å². The molecule has 1 aromatic carbocycles. The molecule has 3 N–H and O–H groups in total. The van der Waals surface area contributed by atoms with Gasteiger partial charge in [0.1, 0.15) is 0 Å². The molecule has 0 heterocycles. The van der Waals surface area contributed by atoms with Gasteiger partial charge in [-0.2, -0.15) is 0 Å². The SMILES string of the molecule is CC(C)S(=O)(=O)c1cc(CCN)cc(CC(=O)O)c1. The lowest BCUT2D eigenvalue weighted by Crippen LogP contribution is -2.15. The summed E-state index contributed by atoms with van der Waals surface area (Å²) in [6.07, 6.45) is 0.326. The predicted octanol–water partition coefficient (Wildman–Crippen LogP) is 0.997. The minimum atomic E-state index is -3.41. The molecule has 0 aromatic heterocycles. The molecule has 0 atom stereocenters. The van der Waals surface area contributed by atoms with E-state index in [1.807, 2.05) is 0 Å². The number of carboxylic acid groups (broad SMARTS) is 1. The quantitative estimate of drug-likeness (QED) is 0.812.